The molecule has 1 unspecified atom stereocenters. The zero-order chi connectivity index (χ0) is 8.27. The van der Waals surface area contributed by atoms with Crippen LogP contribution in [0.4, 0.5) is 5.69 Å². The van der Waals surface area contributed by atoms with E-state index in [1.165, 1.54) is 0 Å². The largest absolute Gasteiger partial charge is 0.397 e. The Bertz CT molecular complexity index is 236. The molecular weight excluding hydrogens is 140 g/mol. The average molecular weight is 152 g/mol. The van der Waals surface area contributed by atoms with Crippen molar-refractivity contribution in [2.75, 3.05) is 12.3 Å². The van der Waals surface area contributed by atoms with E-state index in [1.54, 1.807) is 18.5 Å². The second-order valence-electron chi connectivity index (χ2n) is 2.39. The van der Waals surface area contributed by atoms with Gasteiger partial charge in [-0.2, -0.15) is 0 Å². The van der Waals surface area contributed by atoms with E-state index in [-0.39, 0.29) is 6.04 Å². The van der Waals surface area contributed by atoms with Gasteiger partial charge >= 0.3 is 0 Å². The van der Waals surface area contributed by atoms with E-state index in [0.717, 1.165) is 5.56 Å². The summed E-state index contributed by atoms with van der Waals surface area (Å²) in [5, 5.41) is 0. The third-order valence-electron chi connectivity index (χ3n) is 1.46. The van der Waals surface area contributed by atoms with Crippen molar-refractivity contribution < 1.29 is 0 Å². The van der Waals surface area contributed by atoms with Crippen LogP contribution in [-0.4, -0.2) is 11.5 Å². The minimum Gasteiger partial charge on any atom is -0.397 e. The highest BCUT2D eigenvalue weighted by Gasteiger charge is 2.02. The van der Waals surface area contributed by atoms with Crippen LogP contribution in [0.1, 0.15) is 11.6 Å². The highest BCUT2D eigenvalue weighted by Crippen LogP contribution is 2.09. The first-order chi connectivity index (χ1) is 5.24. The molecule has 1 aromatic rings. The molecule has 0 saturated carbocycles. The van der Waals surface area contributed by atoms with Gasteiger partial charge in [-0.15, -0.1) is 0 Å². The molecular formula is C7H12N4. The van der Waals surface area contributed by atoms with E-state index in [0.29, 0.717) is 12.2 Å². The van der Waals surface area contributed by atoms with Gasteiger partial charge in [0.25, 0.3) is 0 Å². The van der Waals surface area contributed by atoms with Gasteiger partial charge in [-0.3, -0.25) is 4.98 Å². The molecule has 11 heavy (non-hydrogen) atoms. The molecule has 0 fully saturated rings. The number of hydrogen-bond donors (Lipinski definition) is 3. The number of nitrogens with two attached hydrogens (primary N) is 3. The zero-order valence-electron chi connectivity index (χ0n) is 6.20. The maximum Gasteiger partial charge on any atom is 0.0503 e. The quantitative estimate of drug-likeness (QED) is 0.539. The summed E-state index contributed by atoms with van der Waals surface area (Å²) in [6, 6.07) is 1.62. The minimum atomic E-state index is -0.161. The van der Waals surface area contributed by atoms with Gasteiger partial charge in [0.1, 0.15) is 0 Å². The van der Waals surface area contributed by atoms with Crippen LogP contribution in [0.5, 0.6) is 0 Å². The van der Waals surface area contributed by atoms with E-state index in [9.17, 15) is 0 Å². The monoisotopic (exact) mass is 152 g/mol. The Hall–Kier alpha value is -1.13. The Morgan fingerprint density at radius 3 is 2.73 bits per heavy atom. The molecule has 4 nitrogen and oxygen atoms in total. The topological polar surface area (TPSA) is 91.0 Å². The third kappa shape index (κ3) is 1.89. The Kier molecular flexibility index (Phi) is 2.40. The Labute approximate surface area is 65.4 Å². The molecule has 6 N–H and O–H groups in total. The normalized spacial score (nSPS) is 12.9. The Morgan fingerprint density at radius 2 is 2.18 bits per heavy atom. The number of nitrogen functional groups attached to an aromatic ring is 1. The number of aromatic nitrogens is 1. The molecule has 1 rings (SSSR count). The molecule has 1 atom stereocenters. The lowest BCUT2D eigenvalue weighted by molar-refractivity contribution is 0.733. The van der Waals surface area contributed by atoms with E-state index < -0.39 is 0 Å². The molecule has 0 aliphatic heterocycles. The maximum atomic E-state index is 5.64. The molecule has 60 valence electrons. The number of pyridine rings is 1. The van der Waals surface area contributed by atoms with Crippen molar-refractivity contribution in [3.63, 3.8) is 0 Å². The van der Waals surface area contributed by atoms with Crippen LogP contribution in [-0.2, 0) is 0 Å². The summed E-state index contributed by atoms with van der Waals surface area (Å²) in [5.74, 6) is 0. The molecule has 0 saturated heterocycles. The summed E-state index contributed by atoms with van der Waals surface area (Å²) < 4.78 is 0. The van der Waals surface area contributed by atoms with E-state index in [1.807, 2.05) is 0 Å². The molecule has 0 aliphatic rings. The van der Waals surface area contributed by atoms with Crippen LogP contribution in [0.2, 0.25) is 0 Å². The summed E-state index contributed by atoms with van der Waals surface area (Å²) in [4.78, 5) is 3.89. The fourth-order valence-corrected chi connectivity index (χ4v) is 0.815. The number of rotatable bonds is 2. The summed E-state index contributed by atoms with van der Waals surface area (Å²) in [5.41, 5.74) is 18.0. The van der Waals surface area contributed by atoms with Crippen molar-refractivity contribution in [1.82, 2.24) is 4.98 Å². The third-order valence-corrected chi connectivity index (χ3v) is 1.46. The van der Waals surface area contributed by atoms with Crippen molar-refractivity contribution in [2.45, 2.75) is 6.04 Å². The van der Waals surface area contributed by atoms with Crippen molar-refractivity contribution in [2.24, 2.45) is 11.5 Å². The summed E-state index contributed by atoms with van der Waals surface area (Å²) >= 11 is 0. The van der Waals surface area contributed by atoms with Gasteiger partial charge < -0.3 is 17.2 Å². The molecule has 1 heterocycles. The maximum absolute atomic E-state index is 5.64. The molecule has 0 aromatic carbocycles. The molecule has 4 heteroatoms. The highest BCUT2D eigenvalue weighted by atomic mass is 14.7. The summed E-state index contributed by atoms with van der Waals surface area (Å²) in [6.07, 6.45) is 3.25. The SMILES string of the molecule is NCC(N)c1cncc(N)c1. The molecule has 0 aliphatic carbocycles. The minimum absolute atomic E-state index is 0.161. The standard InChI is InChI=1S/C7H12N4/c8-2-7(10)5-1-6(9)4-11-3-5/h1,3-4,7H,2,8-10H2. The van der Waals surface area contributed by atoms with E-state index >= 15 is 0 Å². The second kappa shape index (κ2) is 3.32. The zero-order valence-corrected chi connectivity index (χ0v) is 6.20. The number of nitrogens with zero attached hydrogens (tertiary/aromatic N) is 1. The highest BCUT2D eigenvalue weighted by molar-refractivity contribution is 5.38. The van der Waals surface area contributed by atoms with Crippen LogP contribution >= 0.6 is 0 Å². The van der Waals surface area contributed by atoms with Gasteiger partial charge in [-0.25, -0.2) is 0 Å². The molecule has 0 radical (unpaired) electrons. The predicted molar refractivity (Wildman–Crippen MR) is 44.6 cm³/mol. The Morgan fingerprint density at radius 1 is 1.45 bits per heavy atom. The predicted octanol–water partition coefficient (Wildman–Crippen LogP) is -0.378. The van der Waals surface area contributed by atoms with Crippen molar-refractivity contribution in [3.05, 3.63) is 24.0 Å². The first kappa shape index (κ1) is 7.97. The summed E-state index contributed by atoms with van der Waals surface area (Å²) in [7, 11) is 0. The first-order valence-electron chi connectivity index (χ1n) is 3.40. The number of anilines is 1. The van der Waals surface area contributed by atoms with Gasteiger partial charge in [0, 0.05) is 25.0 Å². The average Bonchev–Trinajstić information content (AvgIpc) is 2.03. The Balaban J connectivity index is 2.86. The molecule has 1 aromatic heterocycles. The van der Waals surface area contributed by atoms with Gasteiger partial charge in [-0.1, -0.05) is 0 Å². The van der Waals surface area contributed by atoms with Gasteiger partial charge in [-0.05, 0) is 11.6 Å². The lowest BCUT2D eigenvalue weighted by Gasteiger charge is -2.07. The lowest BCUT2D eigenvalue weighted by atomic mass is 10.1. The lowest BCUT2D eigenvalue weighted by Crippen LogP contribution is -2.20. The summed E-state index contributed by atoms with van der Waals surface area (Å²) in [6.45, 7) is 0.408. The van der Waals surface area contributed by atoms with Crippen molar-refractivity contribution >= 4 is 5.69 Å². The van der Waals surface area contributed by atoms with E-state index in [4.69, 9.17) is 17.2 Å². The van der Waals surface area contributed by atoms with Gasteiger partial charge in [0.05, 0.1) is 5.69 Å². The molecule has 0 bridgehead atoms. The fraction of sp³-hybridized carbons (Fsp3) is 0.286. The van der Waals surface area contributed by atoms with Crippen LogP contribution < -0.4 is 17.2 Å². The van der Waals surface area contributed by atoms with Crippen LogP contribution in [0.25, 0.3) is 0 Å². The fourth-order valence-electron chi connectivity index (χ4n) is 0.815. The van der Waals surface area contributed by atoms with Gasteiger partial charge in [0.2, 0.25) is 0 Å². The van der Waals surface area contributed by atoms with Crippen molar-refractivity contribution in [1.29, 1.82) is 0 Å². The van der Waals surface area contributed by atoms with E-state index in [2.05, 4.69) is 4.98 Å². The first-order valence-corrected chi connectivity index (χ1v) is 3.40. The molecule has 0 amide bonds. The van der Waals surface area contributed by atoms with Crippen LogP contribution in [0.3, 0.4) is 0 Å². The van der Waals surface area contributed by atoms with Crippen molar-refractivity contribution in [3.8, 4) is 0 Å². The molecule has 0 spiro atoms. The second-order valence-corrected chi connectivity index (χ2v) is 2.39. The van der Waals surface area contributed by atoms with Crippen LogP contribution in [0, 0.1) is 0 Å². The van der Waals surface area contributed by atoms with Gasteiger partial charge in [0.15, 0.2) is 0 Å². The van der Waals surface area contributed by atoms with Crippen LogP contribution in [0.15, 0.2) is 18.5 Å². The smallest absolute Gasteiger partial charge is 0.0503 e. The number of hydrogen-bond acceptors (Lipinski definition) is 4.